The molecule has 0 unspecified atom stereocenters. The summed E-state index contributed by atoms with van der Waals surface area (Å²) in [5.74, 6) is 0.778. The van der Waals surface area contributed by atoms with Gasteiger partial charge >= 0.3 is 6.03 Å². The zero-order valence-corrected chi connectivity index (χ0v) is 14.4. The highest BCUT2D eigenvalue weighted by molar-refractivity contribution is 5.77. The molecule has 0 radical (unpaired) electrons. The van der Waals surface area contributed by atoms with Crippen molar-refractivity contribution in [1.29, 1.82) is 0 Å². The molecule has 130 valence electrons. The Balaban J connectivity index is 1.84. The third-order valence-corrected chi connectivity index (χ3v) is 5.00. The third-order valence-electron chi connectivity index (χ3n) is 5.00. The van der Waals surface area contributed by atoms with Gasteiger partial charge < -0.3 is 20.5 Å². The van der Waals surface area contributed by atoms with E-state index in [1.807, 2.05) is 50.2 Å². The zero-order chi connectivity index (χ0) is 17.7. The van der Waals surface area contributed by atoms with Crippen LogP contribution in [0.15, 0.2) is 48.5 Å². The van der Waals surface area contributed by atoms with E-state index in [-0.39, 0.29) is 23.4 Å². The minimum Gasteiger partial charge on any atom is -0.508 e. The van der Waals surface area contributed by atoms with Crippen LogP contribution in [0.25, 0.3) is 0 Å². The molecule has 1 spiro atoms. The lowest BCUT2D eigenvalue weighted by Crippen LogP contribution is -2.65. The Kier molecular flexibility index (Phi) is 3.42. The maximum atomic E-state index is 12.4. The lowest BCUT2D eigenvalue weighted by atomic mass is 9.72. The Morgan fingerprint density at radius 2 is 1.88 bits per heavy atom. The molecule has 4 rings (SSSR count). The first-order chi connectivity index (χ1) is 11.9. The molecule has 1 saturated heterocycles. The molecule has 2 aromatic rings. The molecule has 0 bridgehead atoms. The molecule has 0 aliphatic carbocycles. The molecule has 5 nitrogen and oxygen atoms in total. The number of nitrogens with one attached hydrogen (secondary N) is 2. The lowest BCUT2D eigenvalue weighted by Gasteiger charge is -2.50. The lowest BCUT2D eigenvalue weighted by molar-refractivity contribution is 0.0732. The highest BCUT2D eigenvalue weighted by atomic mass is 16.5. The van der Waals surface area contributed by atoms with E-state index in [1.54, 1.807) is 12.1 Å². The first kappa shape index (κ1) is 15.8. The van der Waals surface area contributed by atoms with E-state index >= 15 is 0 Å². The Bertz CT molecular complexity index is 819. The van der Waals surface area contributed by atoms with Crippen molar-refractivity contribution in [3.05, 3.63) is 59.7 Å². The molecule has 25 heavy (non-hydrogen) atoms. The van der Waals surface area contributed by atoms with Crippen molar-refractivity contribution in [2.45, 2.75) is 43.9 Å². The van der Waals surface area contributed by atoms with Gasteiger partial charge in [0.25, 0.3) is 0 Å². The minimum atomic E-state index is -0.534. The van der Waals surface area contributed by atoms with Gasteiger partial charge in [-0.05, 0) is 38.0 Å². The van der Waals surface area contributed by atoms with Crippen molar-refractivity contribution in [2.75, 3.05) is 0 Å². The van der Waals surface area contributed by atoms with E-state index in [0.29, 0.717) is 12.2 Å². The predicted molar refractivity (Wildman–Crippen MR) is 94.6 cm³/mol. The number of amides is 2. The van der Waals surface area contributed by atoms with Crippen LogP contribution in [-0.2, 0) is 5.54 Å². The molecule has 2 aromatic carbocycles. The number of urea groups is 1. The topological polar surface area (TPSA) is 70.6 Å². The second-order valence-electron chi connectivity index (χ2n) is 7.62. The van der Waals surface area contributed by atoms with Gasteiger partial charge in [-0.15, -0.1) is 0 Å². The highest BCUT2D eigenvalue weighted by Crippen LogP contribution is 2.49. The highest BCUT2D eigenvalue weighted by Gasteiger charge is 2.49. The van der Waals surface area contributed by atoms with Crippen LogP contribution in [0, 0.1) is 0 Å². The van der Waals surface area contributed by atoms with Crippen molar-refractivity contribution in [3.8, 4) is 11.5 Å². The number of hydrogen-bond acceptors (Lipinski definition) is 3. The van der Waals surface area contributed by atoms with Gasteiger partial charge in [0.1, 0.15) is 17.6 Å². The first-order valence-corrected chi connectivity index (χ1v) is 8.52. The van der Waals surface area contributed by atoms with Gasteiger partial charge in [-0.3, -0.25) is 0 Å². The Morgan fingerprint density at radius 1 is 1.12 bits per heavy atom. The van der Waals surface area contributed by atoms with Crippen LogP contribution in [0.5, 0.6) is 11.5 Å². The molecule has 3 N–H and O–H groups in total. The molecule has 2 heterocycles. The summed E-state index contributed by atoms with van der Waals surface area (Å²) in [6, 6.07) is 14.9. The van der Waals surface area contributed by atoms with Crippen LogP contribution in [0.4, 0.5) is 4.79 Å². The van der Waals surface area contributed by atoms with E-state index in [9.17, 15) is 9.90 Å². The monoisotopic (exact) mass is 338 g/mol. The van der Waals surface area contributed by atoms with Crippen molar-refractivity contribution < 1.29 is 14.6 Å². The summed E-state index contributed by atoms with van der Waals surface area (Å²) in [6.07, 6.45) is 1.19. The molecule has 2 aliphatic heterocycles. The Hall–Kier alpha value is -2.69. The molecule has 0 saturated carbocycles. The van der Waals surface area contributed by atoms with Crippen LogP contribution in [0.2, 0.25) is 0 Å². The number of benzene rings is 2. The number of phenolic OH excluding ortho intramolecular Hbond substituents is 1. The van der Waals surface area contributed by atoms with Crippen LogP contribution >= 0.6 is 0 Å². The molecule has 5 heteroatoms. The van der Waals surface area contributed by atoms with Crippen LogP contribution < -0.4 is 15.4 Å². The third kappa shape index (κ3) is 2.80. The van der Waals surface area contributed by atoms with E-state index in [2.05, 4.69) is 10.6 Å². The van der Waals surface area contributed by atoms with E-state index < -0.39 is 5.54 Å². The SMILES string of the molecule is CC1(C)C[C@@]2(C[C@H](c3ccccc3)Oc3cc(O)ccc32)NC(=O)N1. The average Bonchev–Trinajstić information content (AvgIpc) is 2.53. The van der Waals surface area contributed by atoms with Crippen LogP contribution in [-0.4, -0.2) is 16.7 Å². The number of aromatic hydroxyl groups is 1. The van der Waals surface area contributed by atoms with Crippen molar-refractivity contribution >= 4 is 6.03 Å². The summed E-state index contributed by atoms with van der Waals surface area (Å²) in [7, 11) is 0. The maximum absolute atomic E-state index is 12.4. The molecule has 2 atom stereocenters. The summed E-state index contributed by atoms with van der Waals surface area (Å²) in [4.78, 5) is 12.4. The summed E-state index contributed by atoms with van der Waals surface area (Å²) in [6.45, 7) is 4.06. The molecular formula is C20H22N2O3. The number of fused-ring (bicyclic) bond motifs is 2. The quantitative estimate of drug-likeness (QED) is 0.744. The molecule has 2 aliphatic rings. The van der Waals surface area contributed by atoms with Gasteiger partial charge in [-0.2, -0.15) is 0 Å². The summed E-state index contributed by atoms with van der Waals surface area (Å²) >= 11 is 0. The van der Waals surface area contributed by atoms with Gasteiger partial charge in [0.05, 0.1) is 5.54 Å². The number of hydrogen-bond donors (Lipinski definition) is 3. The van der Waals surface area contributed by atoms with Gasteiger partial charge in [-0.25, -0.2) is 4.79 Å². The number of carbonyl (C=O) groups excluding carboxylic acids is 1. The van der Waals surface area contributed by atoms with Crippen molar-refractivity contribution in [2.24, 2.45) is 0 Å². The van der Waals surface area contributed by atoms with E-state index in [0.717, 1.165) is 17.5 Å². The fourth-order valence-electron chi connectivity index (χ4n) is 4.16. The zero-order valence-electron chi connectivity index (χ0n) is 14.4. The number of phenols is 1. The van der Waals surface area contributed by atoms with Crippen molar-refractivity contribution in [3.63, 3.8) is 0 Å². The number of carbonyl (C=O) groups is 1. The van der Waals surface area contributed by atoms with Gasteiger partial charge in [0, 0.05) is 23.6 Å². The average molecular weight is 338 g/mol. The normalized spacial score (nSPS) is 27.0. The van der Waals surface area contributed by atoms with Gasteiger partial charge in [-0.1, -0.05) is 30.3 Å². The van der Waals surface area contributed by atoms with E-state index in [1.165, 1.54) is 0 Å². The second-order valence-corrected chi connectivity index (χ2v) is 7.62. The molecule has 1 fully saturated rings. The minimum absolute atomic E-state index is 0.155. The second kappa shape index (κ2) is 5.41. The fraction of sp³-hybridized carbons (Fsp3) is 0.350. The first-order valence-electron chi connectivity index (χ1n) is 8.52. The van der Waals surface area contributed by atoms with Gasteiger partial charge in [0.15, 0.2) is 0 Å². The Morgan fingerprint density at radius 3 is 2.60 bits per heavy atom. The summed E-state index contributed by atoms with van der Waals surface area (Å²) in [5, 5.41) is 16.0. The van der Waals surface area contributed by atoms with Crippen molar-refractivity contribution in [1.82, 2.24) is 10.6 Å². The molecular weight excluding hydrogens is 316 g/mol. The molecule has 2 amide bonds. The standard InChI is InChI=1S/C20H22N2O3/c1-19(2)12-20(22-18(24)21-19)11-17(13-6-4-3-5-7-13)25-16-10-14(23)8-9-15(16)20/h3-10,17,23H,11-12H2,1-2H3,(H2,21,22,24)/t17-,20-/m1/s1. The Labute approximate surface area is 147 Å². The predicted octanol–water partition coefficient (Wildman–Crippen LogP) is 3.59. The van der Waals surface area contributed by atoms with E-state index in [4.69, 9.17) is 4.74 Å². The maximum Gasteiger partial charge on any atom is 0.315 e. The number of rotatable bonds is 1. The summed E-state index contributed by atoms with van der Waals surface area (Å²) < 4.78 is 6.20. The molecule has 0 aromatic heterocycles. The van der Waals surface area contributed by atoms with Gasteiger partial charge in [0.2, 0.25) is 0 Å². The largest absolute Gasteiger partial charge is 0.508 e. The van der Waals surface area contributed by atoms with Crippen LogP contribution in [0.3, 0.4) is 0 Å². The summed E-state index contributed by atoms with van der Waals surface area (Å²) in [5.41, 5.74) is 1.10. The number of ether oxygens (including phenoxy) is 1. The van der Waals surface area contributed by atoms with Crippen LogP contribution in [0.1, 0.15) is 43.9 Å². The smallest absolute Gasteiger partial charge is 0.315 e. The fourth-order valence-corrected chi connectivity index (χ4v) is 4.16.